The molecule has 1 saturated heterocycles. The van der Waals surface area contributed by atoms with E-state index in [2.05, 4.69) is 20.8 Å². The van der Waals surface area contributed by atoms with Gasteiger partial charge in [0.1, 0.15) is 5.75 Å². The Balaban J connectivity index is 2.09. The van der Waals surface area contributed by atoms with E-state index in [1.165, 1.54) is 0 Å². The van der Waals surface area contributed by atoms with Crippen LogP contribution in [0, 0.1) is 0 Å². The first-order chi connectivity index (χ1) is 8.63. The van der Waals surface area contributed by atoms with E-state index in [-0.39, 0.29) is 18.8 Å². The Kier molecular flexibility index (Phi) is 4.61. The molecular formula is C13H18BrNO3. The van der Waals surface area contributed by atoms with Crippen LogP contribution in [-0.2, 0) is 6.54 Å². The SMILES string of the molecule is COc1ccc(CN2C[C@H](O)C[C@H]2CO)c(Br)c1. The van der Waals surface area contributed by atoms with Crippen molar-refractivity contribution in [1.29, 1.82) is 0 Å². The van der Waals surface area contributed by atoms with Crippen molar-refractivity contribution in [2.24, 2.45) is 0 Å². The van der Waals surface area contributed by atoms with Crippen LogP contribution in [0.2, 0.25) is 0 Å². The highest BCUT2D eigenvalue weighted by Gasteiger charge is 2.30. The molecule has 1 aromatic carbocycles. The smallest absolute Gasteiger partial charge is 0.120 e. The number of aliphatic hydroxyl groups is 2. The number of β-amino-alcohol motifs (C(OH)–C–C–N with tert-alkyl or cyclic N) is 1. The minimum absolute atomic E-state index is 0.0500. The molecule has 4 nitrogen and oxygen atoms in total. The van der Waals surface area contributed by atoms with Gasteiger partial charge in [-0.05, 0) is 24.1 Å². The van der Waals surface area contributed by atoms with Gasteiger partial charge in [-0.25, -0.2) is 0 Å². The number of benzene rings is 1. The summed E-state index contributed by atoms with van der Waals surface area (Å²) in [6.45, 7) is 1.42. The maximum atomic E-state index is 9.65. The van der Waals surface area contributed by atoms with Crippen molar-refractivity contribution in [2.45, 2.75) is 25.1 Å². The molecule has 1 fully saturated rings. The summed E-state index contributed by atoms with van der Waals surface area (Å²) in [5.74, 6) is 0.811. The molecule has 0 amide bonds. The molecule has 1 aliphatic rings. The fourth-order valence-corrected chi connectivity index (χ4v) is 2.83. The lowest BCUT2D eigenvalue weighted by molar-refractivity contribution is 0.150. The van der Waals surface area contributed by atoms with E-state index in [0.29, 0.717) is 19.5 Å². The number of methoxy groups -OCH3 is 1. The number of ether oxygens (including phenoxy) is 1. The van der Waals surface area contributed by atoms with Crippen LogP contribution in [0.4, 0.5) is 0 Å². The van der Waals surface area contributed by atoms with Gasteiger partial charge in [-0.15, -0.1) is 0 Å². The third-order valence-corrected chi connectivity index (χ3v) is 4.09. The van der Waals surface area contributed by atoms with Crippen LogP contribution in [0.15, 0.2) is 22.7 Å². The quantitative estimate of drug-likeness (QED) is 0.881. The van der Waals surface area contributed by atoms with Gasteiger partial charge in [0.15, 0.2) is 0 Å². The molecule has 18 heavy (non-hydrogen) atoms. The van der Waals surface area contributed by atoms with Gasteiger partial charge in [0, 0.05) is 23.6 Å². The Morgan fingerprint density at radius 1 is 1.50 bits per heavy atom. The van der Waals surface area contributed by atoms with Gasteiger partial charge in [0.05, 0.1) is 19.8 Å². The lowest BCUT2D eigenvalue weighted by atomic mass is 10.2. The molecule has 100 valence electrons. The average Bonchev–Trinajstić information content (AvgIpc) is 2.72. The van der Waals surface area contributed by atoms with E-state index in [9.17, 15) is 10.2 Å². The fraction of sp³-hybridized carbons (Fsp3) is 0.538. The summed E-state index contributed by atoms with van der Waals surface area (Å²) in [5, 5.41) is 18.9. The third kappa shape index (κ3) is 3.03. The van der Waals surface area contributed by atoms with Gasteiger partial charge in [-0.3, -0.25) is 4.90 Å². The first kappa shape index (κ1) is 13.8. The largest absolute Gasteiger partial charge is 0.497 e. The average molecular weight is 316 g/mol. The Morgan fingerprint density at radius 3 is 2.89 bits per heavy atom. The summed E-state index contributed by atoms with van der Waals surface area (Å²) in [6.07, 6.45) is 0.309. The van der Waals surface area contributed by atoms with Crippen LogP contribution in [0.5, 0.6) is 5.75 Å². The summed E-state index contributed by atoms with van der Waals surface area (Å²) in [5.41, 5.74) is 1.13. The number of hydrogen-bond acceptors (Lipinski definition) is 4. The molecule has 1 aliphatic heterocycles. The fourth-order valence-electron chi connectivity index (χ4n) is 2.34. The van der Waals surface area contributed by atoms with Crippen LogP contribution in [0.25, 0.3) is 0 Å². The van der Waals surface area contributed by atoms with Crippen molar-refractivity contribution in [2.75, 3.05) is 20.3 Å². The summed E-state index contributed by atoms with van der Waals surface area (Å²) >= 11 is 3.52. The highest BCUT2D eigenvalue weighted by Crippen LogP contribution is 2.27. The summed E-state index contributed by atoms with van der Waals surface area (Å²) in [4.78, 5) is 2.11. The highest BCUT2D eigenvalue weighted by atomic mass is 79.9. The van der Waals surface area contributed by atoms with Crippen molar-refractivity contribution in [3.63, 3.8) is 0 Å². The number of likely N-dealkylation sites (tertiary alicyclic amines) is 1. The van der Waals surface area contributed by atoms with Gasteiger partial charge in [0.2, 0.25) is 0 Å². The number of rotatable bonds is 4. The third-order valence-electron chi connectivity index (χ3n) is 3.35. The zero-order valence-corrected chi connectivity index (χ0v) is 11.9. The van der Waals surface area contributed by atoms with Gasteiger partial charge in [0.25, 0.3) is 0 Å². The predicted octanol–water partition coefficient (Wildman–Crippen LogP) is 1.39. The molecule has 2 N–H and O–H groups in total. The van der Waals surface area contributed by atoms with Gasteiger partial charge in [-0.2, -0.15) is 0 Å². The molecule has 0 aromatic heterocycles. The molecule has 0 bridgehead atoms. The van der Waals surface area contributed by atoms with Crippen LogP contribution in [0.3, 0.4) is 0 Å². The molecule has 0 aliphatic carbocycles. The Labute approximate surface area is 115 Å². The molecule has 0 unspecified atom stereocenters. The first-order valence-electron chi connectivity index (χ1n) is 5.99. The summed E-state index contributed by atoms with van der Waals surface area (Å²) in [6, 6.07) is 5.90. The molecular weight excluding hydrogens is 298 g/mol. The number of hydrogen-bond donors (Lipinski definition) is 2. The van der Waals surface area contributed by atoms with Crippen molar-refractivity contribution < 1.29 is 14.9 Å². The van der Waals surface area contributed by atoms with Gasteiger partial charge in [-0.1, -0.05) is 22.0 Å². The monoisotopic (exact) mass is 315 g/mol. The molecule has 0 spiro atoms. The van der Waals surface area contributed by atoms with Crippen LogP contribution < -0.4 is 4.74 Å². The molecule has 1 aromatic rings. The first-order valence-corrected chi connectivity index (χ1v) is 6.78. The lowest BCUT2D eigenvalue weighted by Gasteiger charge is -2.23. The topological polar surface area (TPSA) is 52.9 Å². The van der Waals surface area contributed by atoms with Crippen molar-refractivity contribution in [3.8, 4) is 5.75 Å². The maximum Gasteiger partial charge on any atom is 0.120 e. The zero-order valence-electron chi connectivity index (χ0n) is 10.3. The van der Waals surface area contributed by atoms with E-state index in [1.54, 1.807) is 7.11 Å². The van der Waals surface area contributed by atoms with E-state index >= 15 is 0 Å². The predicted molar refractivity (Wildman–Crippen MR) is 72.6 cm³/mol. The van der Waals surface area contributed by atoms with Gasteiger partial charge >= 0.3 is 0 Å². The second-order valence-electron chi connectivity index (χ2n) is 4.61. The second kappa shape index (κ2) is 6.02. The van der Waals surface area contributed by atoms with Crippen molar-refractivity contribution in [3.05, 3.63) is 28.2 Å². The van der Waals surface area contributed by atoms with Crippen molar-refractivity contribution in [1.82, 2.24) is 4.90 Å². The molecule has 0 radical (unpaired) electrons. The Morgan fingerprint density at radius 2 is 2.28 bits per heavy atom. The van der Waals surface area contributed by atoms with Crippen LogP contribution >= 0.6 is 15.9 Å². The van der Waals surface area contributed by atoms with E-state index < -0.39 is 0 Å². The van der Waals surface area contributed by atoms with Gasteiger partial charge < -0.3 is 14.9 Å². The standard InChI is InChI=1S/C13H18BrNO3/c1-18-12-3-2-9(13(14)5-12)6-15-7-11(17)4-10(15)8-16/h2-3,5,10-11,16-17H,4,6-8H2,1H3/t10-,11+/m0/s1. The van der Waals surface area contributed by atoms with Crippen LogP contribution in [-0.4, -0.2) is 47.5 Å². The van der Waals surface area contributed by atoms with E-state index in [4.69, 9.17) is 4.74 Å². The Bertz CT molecular complexity index is 413. The molecule has 0 saturated carbocycles. The zero-order chi connectivity index (χ0) is 13.1. The maximum absolute atomic E-state index is 9.65. The van der Waals surface area contributed by atoms with Crippen molar-refractivity contribution >= 4 is 15.9 Å². The minimum atomic E-state index is -0.334. The van der Waals surface area contributed by atoms with E-state index in [0.717, 1.165) is 15.8 Å². The molecule has 5 heteroatoms. The van der Waals surface area contributed by atoms with E-state index in [1.807, 2.05) is 18.2 Å². The minimum Gasteiger partial charge on any atom is -0.497 e. The second-order valence-corrected chi connectivity index (χ2v) is 5.47. The highest BCUT2D eigenvalue weighted by molar-refractivity contribution is 9.10. The molecule has 2 atom stereocenters. The summed E-state index contributed by atoms with van der Waals surface area (Å²) in [7, 11) is 1.64. The number of nitrogens with zero attached hydrogens (tertiary/aromatic N) is 1. The Hall–Kier alpha value is -0.620. The lowest BCUT2D eigenvalue weighted by Crippen LogP contribution is -2.32. The molecule has 2 rings (SSSR count). The molecule has 1 heterocycles. The number of aliphatic hydroxyl groups excluding tert-OH is 2. The summed E-state index contributed by atoms with van der Waals surface area (Å²) < 4.78 is 6.14. The normalized spacial score (nSPS) is 24.4. The van der Waals surface area contributed by atoms with Crippen LogP contribution in [0.1, 0.15) is 12.0 Å². The number of halogens is 1.